The SMILES string of the molecule is Cc1ccccc1C(=O)/C(C#N)=c1\s/c(=C/c2ccccn2)c(=O)n1-c1ccccc1C. The van der Waals surface area contributed by atoms with Crippen LogP contribution < -0.4 is 14.8 Å². The van der Waals surface area contributed by atoms with Crippen molar-refractivity contribution >= 4 is 28.8 Å². The van der Waals surface area contributed by atoms with E-state index in [9.17, 15) is 14.9 Å². The molecule has 0 amide bonds. The zero-order chi connectivity index (χ0) is 22.7. The maximum absolute atomic E-state index is 13.5. The summed E-state index contributed by atoms with van der Waals surface area (Å²) in [6.45, 7) is 3.71. The average molecular weight is 438 g/mol. The van der Waals surface area contributed by atoms with Crippen LogP contribution in [-0.2, 0) is 0 Å². The normalized spacial score (nSPS) is 12.3. The average Bonchev–Trinajstić information content (AvgIpc) is 3.11. The number of rotatable bonds is 4. The van der Waals surface area contributed by atoms with Crippen molar-refractivity contribution < 1.29 is 4.79 Å². The maximum Gasteiger partial charge on any atom is 0.273 e. The van der Waals surface area contributed by atoms with Crippen LogP contribution in [0.25, 0.3) is 17.3 Å². The van der Waals surface area contributed by atoms with Crippen molar-refractivity contribution in [3.8, 4) is 11.8 Å². The predicted molar refractivity (Wildman–Crippen MR) is 126 cm³/mol. The first kappa shape index (κ1) is 21.2. The van der Waals surface area contributed by atoms with Gasteiger partial charge in [0.1, 0.15) is 16.3 Å². The summed E-state index contributed by atoms with van der Waals surface area (Å²) in [5.74, 6) is -0.404. The third-order valence-electron chi connectivity index (χ3n) is 5.09. The van der Waals surface area contributed by atoms with Gasteiger partial charge in [-0.1, -0.05) is 48.5 Å². The molecule has 0 atom stereocenters. The standard InChI is InChI=1S/C26H19N3O2S/c1-17-9-3-5-12-20(17)24(30)21(16-27)26-29(22-13-6-4-10-18(22)2)25(31)23(32-26)15-19-11-7-8-14-28-19/h3-15H,1-2H3/b23-15+,26-21-. The first-order chi connectivity index (χ1) is 15.5. The number of pyridine rings is 1. The molecule has 0 unspecified atom stereocenters. The summed E-state index contributed by atoms with van der Waals surface area (Å²) in [6.07, 6.45) is 3.33. The molecule has 0 aliphatic carbocycles. The number of carbonyl (C=O) groups excluding carboxylic acids is 1. The number of benzene rings is 2. The Kier molecular flexibility index (Phi) is 5.93. The number of aromatic nitrogens is 2. The summed E-state index contributed by atoms with van der Waals surface area (Å²) in [7, 11) is 0. The van der Waals surface area contributed by atoms with Gasteiger partial charge >= 0.3 is 0 Å². The number of carbonyl (C=O) groups is 1. The largest absolute Gasteiger partial charge is 0.288 e. The highest BCUT2D eigenvalue weighted by atomic mass is 32.1. The third kappa shape index (κ3) is 3.94. The maximum atomic E-state index is 13.5. The van der Waals surface area contributed by atoms with Gasteiger partial charge in [0, 0.05) is 11.8 Å². The van der Waals surface area contributed by atoms with Crippen molar-refractivity contribution in [1.29, 1.82) is 5.26 Å². The van der Waals surface area contributed by atoms with E-state index in [1.54, 1.807) is 36.5 Å². The van der Waals surface area contributed by atoms with Gasteiger partial charge in [0.2, 0.25) is 5.78 Å². The van der Waals surface area contributed by atoms with Crippen molar-refractivity contribution in [2.75, 3.05) is 0 Å². The number of ketones is 1. The molecule has 4 rings (SSSR count). The number of nitrogens with zero attached hydrogens (tertiary/aromatic N) is 3. The molecule has 6 heteroatoms. The Morgan fingerprint density at radius 1 is 1.00 bits per heavy atom. The van der Waals surface area contributed by atoms with Crippen molar-refractivity contribution in [3.05, 3.63) is 115 Å². The fourth-order valence-corrected chi connectivity index (χ4v) is 4.52. The van der Waals surface area contributed by atoms with E-state index in [2.05, 4.69) is 11.1 Å². The van der Waals surface area contributed by atoms with E-state index < -0.39 is 5.78 Å². The van der Waals surface area contributed by atoms with Gasteiger partial charge in [-0.15, -0.1) is 11.3 Å². The lowest BCUT2D eigenvalue weighted by atomic mass is 10.0. The van der Waals surface area contributed by atoms with E-state index in [1.807, 2.05) is 56.3 Å². The van der Waals surface area contributed by atoms with Crippen LogP contribution in [0.5, 0.6) is 0 Å². The molecule has 2 aromatic carbocycles. The van der Waals surface area contributed by atoms with Crippen LogP contribution in [0.2, 0.25) is 0 Å². The van der Waals surface area contributed by atoms with Gasteiger partial charge in [0.05, 0.1) is 15.9 Å². The highest BCUT2D eigenvalue weighted by Crippen LogP contribution is 2.15. The fraction of sp³-hybridized carbons (Fsp3) is 0.0769. The molecule has 0 bridgehead atoms. The minimum absolute atomic E-state index is 0.0645. The zero-order valence-electron chi connectivity index (χ0n) is 17.6. The van der Waals surface area contributed by atoms with Crippen LogP contribution in [0.15, 0.2) is 77.7 Å². The van der Waals surface area contributed by atoms with Gasteiger partial charge < -0.3 is 0 Å². The van der Waals surface area contributed by atoms with Crippen LogP contribution in [0.3, 0.4) is 0 Å². The number of thiazole rings is 1. The van der Waals surface area contributed by atoms with Crippen LogP contribution >= 0.6 is 11.3 Å². The molecule has 0 saturated heterocycles. The molecule has 32 heavy (non-hydrogen) atoms. The van der Waals surface area contributed by atoms with Crippen molar-refractivity contribution in [2.24, 2.45) is 0 Å². The molecule has 4 aromatic rings. The van der Waals surface area contributed by atoms with Crippen LogP contribution in [-0.4, -0.2) is 15.3 Å². The summed E-state index contributed by atoms with van der Waals surface area (Å²) >= 11 is 1.12. The Bertz CT molecular complexity index is 1540. The summed E-state index contributed by atoms with van der Waals surface area (Å²) in [5.41, 5.74) is 2.97. The molecule has 0 N–H and O–H groups in total. The predicted octanol–water partition coefficient (Wildman–Crippen LogP) is 3.30. The number of hydrogen-bond acceptors (Lipinski definition) is 5. The van der Waals surface area contributed by atoms with Crippen molar-refractivity contribution in [1.82, 2.24) is 9.55 Å². The molecule has 5 nitrogen and oxygen atoms in total. The fourth-order valence-electron chi connectivity index (χ4n) is 3.44. The van der Waals surface area contributed by atoms with E-state index in [1.165, 1.54) is 4.57 Å². The van der Waals surface area contributed by atoms with E-state index in [4.69, 9.17) is 0 Å². The van der Waals surface area contributed by atoms with Crippen LogP contribution in [0.4, 0.5) is 0 Å². The molecule has 0 aliphatic rings. The highest BCUT2D eigenvalue weighted by Gasteiger charge is 2.20. The Labute approximate surface area is 188 Å². The Balaban J connectivity index is 2.10. The van der Waals surface area contributed by atoms with E-state index in [-0.39, 0.29) is 11.1 Å². The minimum Gasteiger partial charge on any atom is -0.288 e. The smallest absolute Gasteiger partial charge is 0.273 e. The number of Topliss-reactive ketones (excluding diaryl/α,β-unsaturated/α-hetero) is 1. The lowest BCUT2D eigenvalue weighted by Gasteiger charge is -2.08. The van der Waals surface area contributed by atoms with Crippen molar-refractivity contribution in [2.45, 2.75) is 13.8 Å². The van der Waals surface area contributed by atoms with Gasteiger partial charge in [0.15, 0.2) is 0 Å². The number of para-hydroxylation sites is 1. The van der Waals surface area contributed by atoms with E-state index >= 15 is 0 Å². The molecule has 0 aliphatic heterocycles. The number of hydrogen-bond donors (Lipinski definition) is 0. The first-order valence-corrected chi connectivity index (χ1v) is 10.8. The molecular formula is C26H19N3O2S. The molecule has 2 aromatic heterocycles. The molecule has 0 radical (unpaired) electrons. The summed E-state index contributed by atoms with van der Waals surface area (Å²) in [5, 5.41) is 9.99. The van der Waals surface area contributed by atoms with E-state index in [0.717, 1.165) is 22.5 Å². The quantitative estimate of drug-likeness (QED) is 0.459. The summed E-state index contributed by atoms with van der Waals surface area (Å²) < 4.78 is 2.17. The molecule has 0 spiro atoms. The topological polar surface area (TPSA) is 75.8 Å². The summed E-state index contributed by atoms with van der Waals surface area (Å²) in [6, 6.07) is 22.0. The third-order valence-corrected chi connectivity index (χ3v) is 6.18. The van der Waals surface area contributed by atoms with E-state index in [0.29, 0.717) is 26.1 Å². The molecular weight excluding hydrogens is 418 g/mol. The minimum atomic E-state index is -0.404. The highest BCUT2D eigenvalue weighted by molar-refractivity contribution is 7.07. The lowest BCUT2D eigenvalue weighted by Crippen LogP contribution is -2.32. The first-order valence-electron chi connectivity index (χ1n) is 9.96. The Morgan fingerprint density at radius 2 is 1.69 bits per heavy atom. The Hall–Kier alpha value is -4.08. The molecule has 156 valence electrons. The monoisotopic (exact) mass is 437 g/mol. The van der Waals surface area contributed by atoms with Crippen molar-refractivity contribution in [3.63, 3.8) is 0 Å². The molecule has 2 heterocycles. The van der Waals surface area contributed by atoms with Gasteiger partial charge in [-0.05, 0) is 49.2 Å². The van der Waals surface area contributed by atoms with Gasteiger partial charge in [-0.3, -0.25) is 19.1 Å². The van der Waals surface area contributed by atoms with Gasteiger partial charge in [0.25, 0.3) is 5.56 Å². The zero-order valence-corrected chi connectivity index (χ0v) is 18.4. The molecule has 0 fully saturated rings. The number of nitriles is 1. The Morgan fingerprint density at radius 3 is 2.34 bits per heavy atom. The van der Waals surface area contributed by atoms with Gasteiger partial charge in [-0.2, -0.15) is 5.26 Å². The number of aryl methyl sites for hydroxylation is 2. The van der Waals surface area contributed by atoms with Gasteiger partial charge in [-0.25, -0.2) is 0 Å². The lowest BCUT2D eigenvalue weighted by molar-refractivity contribution is 0.105. The van der Waals surface area contributed by atoms with Crippen LogP contribution in [0.1, 0.15) is 27.2 Å². The summed E-state index contributed by atoms with van der Waals surface area (Å²) in [4.78, 5) is 31.1. The second kappa shape index (κ2) is 8.96. The second-order valence-electron chi connectivity index (χ2n) is 7.23. The van der Waals surface area contributed by atoms with Crippen LogP contribution in [0, 0.1) is 25.2 Å². The molecule has 0 saturated carbocycles. The second-order valence-corrected chi connectivity index (χ2v) is 8.26.